The van der Waals surface area contributed by atoms with E-state index >= 15 is 0 Å². The lowest BCUT2D eigenvalue weighted by molar-refractivity contribution is 0.101. The first-order valence-corrected chi connectivity index (χ1v) is 12.5. The third-order valence-electron chi connectivity index (χ3n) is 4.97. The molecule has 2 aromatic heterocycles. The van der Waals surface area contributed by atoms with Crippen molar-refractivity contribution in [2.75, 3.05) is 18.4 Å². The fourth-order valence-corrected chi connectivity index (χ4v) is 5.81. The Morgan fingerprint density at radius 3 is 2.68 bits per heavy atom. The van der Waals surface area contributed by atoms with Crippen LogP contribution in [0.4, 0.5) is 5.13 Å². The molecule has 0 aliphatic carbocycles. The Morgan fingerprint density at radius 2 is 2.00 bits per heavy atom. The van der Waals surface area contributed by atoms with Crippen LogP contribution in [0.1, 0.15) is 40.3 Å². The monoisotopic (exact) mass is 480 g/mol. The van der Waals surface area contributed by atoms with Crippen LogP contribution in [0, 0.1) is 6.92 Å². The van der Waals surface area contributed by atoms with Gasteiger partial charge in [0.25, 0.3) is 5.91 Å². The molecule has 0 spiro atoms. The number of halogens is 1. The van der Waals surface area contributed by atoms with Gasteiger partial charge >= 0.3 is 0 Å². The van der Waals surface area contributed by atoms with E-state index in [2.05, 4.69) is 10.3 Å². The van der Waals surface area contributed by atoms with Crippen LogP contribution in [0.2, 0.25) is 5.02 Å². The quantitative estimate of drug-likeness (QED) is 0.520. The highest BCUT2D eigenvalue weighted by Gasteiger charge is 2.25. The molecule has 0 saturated heterocycles. The number of amides is 1. The summed E-state index contributed by atoms with van der Waals surface area (Å²) >= 11 is 7.73. The highest BCUT2D eigenvalue weighted by molar-refractivity contribution is 7.89. The molecule has 0 aliphatic heterocycles. The van der Waals surface area contributed by atoms with Crippen LogP contribution in [0.3, 0.4) is 0 Å². The van der Waals surface area contributed by atoms with Crippen LogP contribution in [0.15, 0.2) is 41.6 Å². The van der Waals surface area contributed by atoms with E-state index in [9.17, 15) is 13.2 Å². The molecule has 0 saturated carbocycles. The predicted molar refractivity (Wildman–Crippen MR) is 125 cm³/mol. The van der Waals surface area contributed by atoms with Crippen molar-refractivity contribution >= 4 is 44.0 Å². The molecule has 1 aromatic carbocycles. The second kappa shape index (κ2) is 9.52. The number of hydrogen-bond acceptors (Lipinski definition) is 5. The summed E-state index contributed by atoms with van der Waals surface area (Å²) in [5.74, 6) is -0.419. The smallest absolute Gasteiger partial charge is 0.274 e. The van der Waals surface area contributed by atoms with E-state index in [0.717, 1.165) is 21.0 Å². The molecule has 31 heavy (non-hydrogen) atoms. The van der Waals surface area contributed by atoms with Crippen molar-refractivity contribution in [1.82, 2.24) is 13.9 Å². The van der Waals surface area contributed by atoms with Crippen LogP contribution < -0.4 is 5.32 Å². The van der Waals surface area contributed by atoms with Crippen molar-refractivity contribution in [3.63, 3.8) is 0 Å². The summed E-state index contributed by atoms with van der Waals surface area (Å²) in [4.78, 5) is 18.1. The number of sulfonamides is 1. The molecule has 10 heteroatoms. The summed E-state index contributed by atoms with van der Waals surface area (Å²) < 4.78 is 28.3. The number of hydrogen-bond donors (Lipinski definition) is 1. The van der Waals surface area contributed by atoms with Crippen molar-refractivity contribution in [2.45, 2.75) is 32.1 Å². The number of rotatable bonds is 8. The molecule has 0 unspecified atom stereocenters. The Hall–Kier alpha value is -2.20. The normalized spacial score (nSPS) is 11.8. The first-order valence-electron chi connectivity index (χ1n) is 9.83. The van der Waals surface area contributed by atoms with Crippen LogP contribution in [-0.2, 0) is 23.5 Å². The highest BCUT2D eigenvalue weighted by Crippen LogP contribution is 2.27. The van der Waals surface area contributed by atoms with Gasteiger partial charge in [0, 0.05) is 48.9 Å². The molecule has 3 rings (SSSR count). The van der Waals surface area contributed by atoms with Gasteiger partial charge in [-0.05, 0) is 24.1 Å². The zero-order valence-electron chi connectivity index (χ0n) is 17.8. The number of anilines is 1. The Kier molecular flexibility index (Phi) is 7.20. The van der Waals surface area contributed by atoms with E-state index in [4.69, 9.17) is 11.6 Å². The fourth-order valence-electron chi connectivity index (χ4n) is 3.25. The van der Waals surface area contributed by atoms with Crippen LogP contribution in [0.25, 0.3) is 0 Å². The van der Waals surface area contributed by atoms with Crippen LogP contribution in [0.5, 0.6) is 0 Å². The number of nitrogens with zero attached hydrogens (tertiary/aromatic N) is 3. The number of aryl methyl sites for hydroxylation is 2. The minimum absolute atomic E-state index is 0.0952. The van der Waals surface area contributed by atoms with Gasteiger partial charge < -0.3 is 4.57 Å². The van der Waals surface area contributed by atoms with Gasteiger partial charge in [0.2, 0.25) is 10.0 Å². The third kappa shape index (κ3) is 5.01. The molecule has 1 amide bonds. The second-order valence-electron chi connectivity index (χ2n) is 7.07. The standard InChI is InChI=1S/C21H25ClN4O3S2/c1-5-26(6-2)31(28,29)17-11-18(25(4)13-17)20(27)24-21-23-12-16(30-21)10-15-9-7-8-14(3)19(15)22/h7-9,11-13H,5-6,10H2,1-4H3,(H,23,24,27). The van der Waals surface area contributed by atoms with Gasteiger partial charge in [-0.25, -0.2) is 13.4 Å². The summed E-state index contributed by atoms with van der Waals surface area (Å²) in [7, 11) is -2.00. The molecule has 1 N–H and O–H groups in total. The molecule has 0 radical (unpaired) electrons. The van der Waals surface area contributed by atoms with Gasteiger partial charge in [-0.1, -0.05) is 43.6 Å². The van der Waals surface area contributed by atoms with Gasteiger partial charge in [0.15, 0.2) is 5.13 Å². The Labute approximate surface area is 191 Å². The number of thiazole rings is 1. The molecule has 166 valence electrons. The molecule has 0 aliphatic rings. The van der Waals surface area contributed by atoms with Gasteiger partial charge in [0.05, 0.1) is 0 Å². The highest BCUT2D eigenvalue weighted by atomic mass is 35.5. The van der Waals surface area contributed by atoms with E-state index in [0.29, 0.717) is 24.6 Å². The van der Waals surface area contributed by atoms with Crippen LogP contribution >= 0.6 is 22.9 Å². The summed E-state index contributed by atoms with van der Waals surface area (Å²) in [6, 6.07) is 7.28. The number of aromatic nitrogens is 2. The molecule has 0 atom stereocenters. The van der Waals surface area contributed by atoms with Gasteiger partial charge in [0.1, 0.15) is 10.6 Å². The average Bonchev–Trinajstić information content (AvgIpc) is 3.33. The first kappa shape index (κ1) is 23.5. The third-order valence-corrected chi connectivity index (χ3v) is 8.43. The van der Waals surface area contributed by atoms with Crippen molar-refractivity contribution in [2.24, 2.45) is 7.05 Å². The SMILES string of the molecule is CCN(CC)S(=O)(=O)c1cc(C(=O)Nc2ncc(Cc3cccc(C)c3Cl)s2)n(C)c1. The number of carbonyl (C=O) groups is 1. The zero-order chi connectivity index (χ0) is 22.8. The fraction of sp³-hybridized carbons (Fsp3) is 0.333. The first-order chi connectivity index (χ1) is 14.7. The lowest BCUT2D eigenvalue weighted by atomic mass is 10.1. The number of nitrogens with one attached hydrogen (secondary N) is 1. The Balaban J connectivity index is 1.76. The van der Waals surface area contributed by atoms with Gasteiger partial charge in [-0.3, -0.25) is 10.1 Å². The predicted octanol–water partition coefficient (Wildman–Crippen LogP) is 4.32. The molecule has 0 fully saturated rings. The molecular weight excluding hydrogens is 456 g/mol. The number of benzene rings is 1. The lowest BCUT2D eigenvalue weighted by Crippen LogP contribution is -2.30. The topological polar surface area (TPSA) is 84.3 Å². The minimum Gasteiger partial charge on any atom is -0.345 e. The minimum atomic E-state index is -3.64. The summed E-state index contributed by atoms with van der Waals surface area (Å²) in [5, 5.41) is 3.93. The molecular formula is C21H25ClN4O3S2. The van der Waals surface area contributed by atoms with E-state index in [-0.39, 0.29) is 10.6 Å². The molecule has 0 bridgehead atoms. The Bertz CT molecular complexity index is 1200. The maximum atomic E-state index is 12.8. The largest absolute Gasteiger partial charge is 0.345 e. The maximum absolute atomic E-state index is 12.8. The lowest BCUT2D eigenvalue weighted by Gasteiger charge is -2.17. The summed E-state index contributed by atoms with van der Waals surface area (Å²) in [5.41, 5.74) is 2.25. The number of carbonyl (C=O) groups excluding carboxylic acids is 1. The summed E-state index contributed by atoms with van der Waals surface area (Å²) in [6.07, 6.45) is 3.78. The summed E-state index contributed by atoms with van der Waals surface area (Å²) in [6.45, 7) is 6.24. The second-order valence-corrected chi connectivity index (χ2v) is 10.5. The Morgan fingerprint density at radius 1 is 1.29 bits per heavy atom. The van der Waals surface area contributed by atoms with E-state index < -0.39 is 15.9 Å². The van der Waals surface area contributed by atoms with Crippen molar-refractivity contribution in [1.29, 1.82) is 0 Å². The molecule has 3 aromatic rings. The van der Waals surface area contributed by atoms with E-state index in [1.54, 1.807) is 27.1 Å². The van der Waals surface area contributed by atoms with E-state index in [1.165, 1.54) is 32.5 Å². The van der Waals surface area contributed by atoms with Crippen LogP contribution in [-0.4, -0.2) is 41.3 Å². The average molecular weight is 481 g/mol. The van der Waals surface area contributed by atoms with Crippen molar-refractivity contribution < 1.29 is 13.2 Å². The van der Waals surface area contributed by atoms with Gasteiger partial charge in [-0.2, -0.15) is 4.31 Å². The molecule has 7 nitrogen and oxygen atoms in total. The van der Waals surface area contributed by atoms with Gasteiger partial charge in [-0.15, -0.1) is 11.3 Å². The van der Waals surface area contributed by atoms with Crippen molar-refractivity contribution in [3.05, 3.63) is 63.4 Å². The molecule has 2 heterocycles. The maximum Gasteiger partial charge on any atom is 0.274 e. The van der Waals surface area contributed by atoms with E-state index in [1.807, 2.05) is 25.1 Å². The zero-order valence-corrected chi connectivity index (χ0v) is 20.2. The van der Waals surface area contributed by atoms with Crippen molar-refractivity contribution in [3.8, 4) is 0 Å².